The number of hydrogen-bond donors (Lipinski definition) is 1. The number of carbonyl (C=O) groups is 2. The zero-order valence-electron chi connectivity index (χ0n) is 14.7. The zero-order valence-corrected chi connectivity index (χ0v) is 14.7. The number of hydrogen-bond acceptors (Lipinski definition) is 3. The van der Waals surface area contributed by atoms with Crippen LogP contribution in [0.15, 0.2) is 42.5 Å². The molecule has 26 heavy (non-hydrogen) atoms. The van der Waals surface area contributed by atoms with Crippen molar-refractivity contribution in [1.82, 2.24) is 0 Å². The Bertz CT molecular complexity index is 847. The fourth-order valence-corrected chi connectivity index (χ4v) is 3.66. The van der Waals surface area contributed by atoms with Gasteiger partial charge in [0.05, 0.1) is 0 Å². The first-order valence-corrected chi connectivity index (χ1v) is 9.14. The largest absolute Gasteiger partial charge is 0.484 e. The summed E-state index contributed by atoms with van der Waals surface area (Å²) in [6.45, 7) is 0.698. The summed E-state index contributed by atoms with van der Waals surface area (Å²) in [5, 5.41) is 2.84. The van der Waals surface area contributed by atoms with Crippen molar-refractivity contribution in [2.75, 3.05) is 23.4 Å². The molecule has 5 nitrogen and oxygen atoms in total. The standard InChI is InChI=1S/C21H22N2O3/c24-20(14-26-19-10-9-15-4-1-5-16(15)12-19)22-17-6-2-7-18(13-17)23-11-3-8-21(23)25/h2,6-7,9-10,12-13H,1,3-5,8,11,14H2,(H,22,24). The number of ether oxygens (including phenoxy) is 1. The normalized spacial score (nSPS) is 15.8. The van der Waals surface area contributed by atoms with Crippen molar-refractivity contribution in [2.24, 2.45) is 0 Å². The highest BCUT2D eigenvalue weighted by atomic mass is 16.5. The van der Waals surface area contributed by atoms with E-state index < -0.39 is 0 Å². The molecule has 1 fully saturated rings. The summed E-state index contributed by atoms with van der Waals surface area (Å²) in [4.78, 5) is 25.8. The second kappa shape index (κ2) is 7.20. The molecule has 1 heterocycles. The number of rotatable bonds is 5. The first kappa shape index (κ1) is 16.6. The predicted octanol–water partition coefficient (Wildman–Crippen LogP) is 3.32. The third-order valence-electron chi connectivity index (χ3n) is 4.95. The Morgan fingerprint density at radius 3 is 2.77 bits per heavy atom. The lowest BCUT2D eigenvalue weighted by molar-refractivity contribution is -0.118. The van der Waals surface area contributed by atoms with Crippen molar-refractivity contribution in [1.29, 1.82) is 0 Å². The Morgan fingerprint density at radius 2 is 1.92 bits per heavy atom. The molecule has 1 saturated heterocycles. The maximum atomic E-state index is 12.2. The monoisotopic (exact) mass is 350 g/mol. The molecule has 134 valence electrons. The first-order valence-electron chi connectivity index (χ1n) is 9.14. The molecule has 2 amide bonds. The van der Waals surface area contributed by atoms with Crippen LogP contribution in [-0.2, 0) is 22.4 Å². The molecule has 1 aliphatic carbocycles. The predicted molar refractivity (Wildman–Crippen MR) is 101 cm³/mol. The Hall–Kier alpha value is -2.82. The lowest BCUT2D eigenvalue weighted by Gasteiger charge is -2.17. The van der Waals surface area contributed by atoms with Gasteiger partial charge in [0, 0.05) is 24.3 Å². The molecule has 4 rings (SSSR count). The Balaban J connectivity index is 1.35. The van der Waals surface area contributed by atoms with Crippen molar-refractivity contribution in [3.05, 3.63) is 53.6 Å². The molecule has 0 atom stereocenters. The fraction of sp³-hybridized carbons (Fsp3) is 0.333. The first-order chi connectivity index (χ1) is 12.7. The van der Waals surface area contributed by atoms with Gasteiger partial charge in [-0.05, 0) is 67.1 Å². The van der Waals surface area contributed by atoms with E-state index in [4.69, 9.17) is 4.74 Å². The molecule has 0 unspecified atom stereocenters. The van der Waals surface area contributed by atoms with Gasteiger partial charge in [-0.15, -0.1) is 0 Å². The van der Waals surface area contributed by atoms with Crippen LogP contribution >= 0.6 is 0 Å². The van der Waals surface area contributed by atoms with Gasteiger partial charge in [-0.1, -0.05) is 12.1 Å². The van der Waals surface area contributed by atoms with Gasteiger partial charge in [-0.3, -0.25) is 9.59 Å². The number of fused-ring (bicyclic) bond motifs is 1. The summed E-state index contributed by atoms with van der Waals surface area (Å²) in [7, 11) is 0. The van der Waals surface area contributed by atoms with Gasteiger partial charge in [-0.2, -0.15) is 0 Å². The maximum Gasteiger partial charge on any atom is 0.262 e. The van der Waals surface area contributed by atoms with E-state index >= 15 is 0 Å². The fourth-order valence-electron chi connectivity index (χ4n) is 3.66. The van der Waals surface area contributed by atoms with E-state index in [1.165, 1.54) is 17.5 Å². The van der Waals surface area contributed by atoms with E-state index in [-0.39, 0.29) is 18.4 Å². The van der Waals surface area contributed by atoms with Crippen LogP contribution in [0.5, 0.6) is 5.75 Å². The summed E-state index contributed by atoms with van der Waals surface area (Å²) in [6.07, 6.45) is 4.87. The second-order valence-electron chi connectivity index (χ2n) is 6.82. The van der Waals surface area contributed by atoms with Gasteiger partial charge < -0.3 is 15.0 Å². The van der Waals surface area contributed by atoms with Crippen LogP contribution in [0.4, 0.5) is 11.4 Å². The van der Waals surface area contributed by atoms with E-state index in [0.29, 0.717) is 12.1 Å². The third-order valence-corrected chi connectivity index (χ3v) is 4.95. The Kier molecular flexibility index (Phi) is 4.61. The number of nitrogens with one attached hydrogen (secondary N) is 1. The smallest absolute Gasteiger partial charge is 0.262 e. The molecular formula is C21H22N2O3. The molecule has 1 N–H and O–H groups in total. The number of amides is 2. The van der Waals surface area contributed by atoms with Crippen LogP contribution < -0.4 is 15.0 Å². The summed E-state index contributed by atoms with van der Waals surface area (Å²) >= 11 is 0. The van der Waals surface area contributed by atoms with E-state index in [2.05, 4.69) is 11.4 Å². The van der Waals surface area contributed by atoms with Crippen LogP contribution in [-0.4, -0.2) is 25.0 Å². The second-order valence-corrected chi connectivity index (χ2v) is 6.82. The van der Waals surface area contributed by atoms with Crippen LogP contribution in [0.25, 0.3) is 0 Å². The molecule has 2 aliphatic rings. The molecule has 0 bridgehead atoms. The molecule has 2 aromatic rings. The van der Waals surface area contributed by atoms with E-state index in [9.17, 15) is 9.59 Å². The van der Waals surface area contributed by atoms with Crippen LogP contribution in [0.3, 0.4) is 0 Å². The minimum absolute atomic E-state index is 0.0361. The molecule has 2 aromatic carbocycles. The molecular weight excluding hydrogens is 328 g/mol. The SMILES string of the molecule is O=C(COc1ccc2c(c1)CCC2)Nc1cccc(N2CCCC2=O)c1. The van der Waals surface area contributed by atoms with Crippen molar-refractivity contribution < 1.29 is 14.3 Å². The minimum atomic E-state index is -0.213. The maximum absolute atomic E-state index is 12.2. The average molecular weight is 350 g/mol. The summed E-state index contributed by atoms with van der Waals surface area (Å²) in [5.41, 5.74) is 4.20. The van der Waals surface area contributed by atoms with E-state index in [1.54, 1.807) is 4.90 Å². The molecule has 0 saturated carbocycles. The van der Waals surface area contributed by atoms with Crippen LogP contribution in [0, 0.1) is 0 Å². The summed E-state index contributed by atoms with van der Waals surface area (Å²) in [6, 6.07) is 13.4. The highest BCUT2D eigenvalue weighted by molar-refractivity contribution is 5.97. The lowest BCUT2D eigenvalue weighted by atomic mass is 10.1. The Morgan fingerprint density at radius 1 is 1.04 bits per heavy atom. The number of nitrogens with zero attached hydrogens (tertiary/aromatic N) is 1. The zero-order chi connectivity index (χ0) is 17.9. The molecule has 1 aliphatic heterocycles. The molecule has 0 spiro atoms. The Labute approximate surface area is 153 Å². The van der Waals surface area contributed by atoms with Crippen LogP contribution in [0.2, 0.25) is 0 Å². The van der Waals surface area contributed by atoms with Gasteiger partial charge in [0.25, 0.3) is 5.91 Å². The highest BCUT2D eigenvalue weighted by Gasteiger charge is 2.21. The van der Waals surface area contributed by atoms with E-state index in [1.807, 2.05) is 36.4 Å². The molecule has 5 heteroatoms. The number of anilines is 2. The average Bonchev–Trinajstić information content (AvgIpc) is 3.28. The number of aryl methyl sites for hydroxylation is 2. The van der Waals surface area contributed by atoms with Gasteiger partial charge in [0.15, 0.2) is 6.61 Å². The van der Waals surface area contributed by atoms with Gasteiger partial charge >= 0.3 is 0 Å². The van der Waals surface area contributed by atoms with Gasteiger partial charge in [0.1, 0.15) is 5.75 Å². The highest BCUT2D eigenvalue weighted by Crippen LogP contribution is 2.26. The van der Waals surface area contributed by atoms with Gasteiger partial charge in [0.2, 0.25) is 5.91 Å². The quantitative estimate of drug-likeness (QED) is 0.900. The van der Waals surface area contributed by atoms with Gasteiger partial charge in [-0.25, -0.2) is 0 Å². The summed E-state index contributed by atoms with van der Waals surface area (Å²) in [5.74, 6) is 0.654. The molecule has 0 aromatic heterocycles. The number of carbonyl (C=O) groups excluding carboxylic acids is 2. The van der Waals surface area contributed by atoms with Crippen molar-refractivity contribution in [3.8, 4) is 5.75 Å². The molecule has 0 radical (unpaired) electrons. The van der Waals surface area contributed by atoms with E-state index in [0.717, 1.165) is 37.2 Å². The minimum Gasteiger partial charge on any atom is -0.484 e. The number of benzene rings is 2. The van der Waals surface area contributed by atoms with Crippen molar-refractivity contribution in [2.45, 2.75) is 32.1 Å². The summed E-state index contributed by atoms with van der Waals surface area (Å²) < 4.78 is 5.64. The van der Waals surface area contributed by atoms with Crippen molar-refractivity contribution >= 4 is 23.2 Å². The van der Waals surface area contributed by atoms with Crippen LogP contribution in [0.1, 0.15) is 30.4 Å². The third kappa shape index (κ3) is 3.57. The van der Waals surface area contributed by atoms with Crippen molar-refractivity contribution in [3.63, 3.8) is 0 Å². The lowest BCUT2D eigenvalue weighted by Crippen LogP contribution is -2.24. The topological polar surface area (TPSA) is 58.6 Å².